The van der Waals surface area contributed by atoms with Crippen LogP contribution in [0, 0.1) is 0 Å². The lowest BCUT2D eigenvalue weighted by Crippen LogP contribution is -2.14. The van der Waals surface area contributed by atoms with Crippen molar-refractivity contribution < 1.29 is 0 Å². The molecule has 0 spiro atoms. The number of aromatic amines is 1. The highest BCUT2D eigenvalue weighted by atomic mass is 15.1. The second-order valence-corrected chi connectivity index (χ2v) is 4.55. The molecule has 0 amide bonds. The van der Waals surface area contributed by atoms with Crippen molar-refractivity contribution in [1.29, 1.82) is 0 Å². The van der Waals surface area contributed by atoms with Crippen LogP contribution in [-0.2, 0) is 5.41 Å². The van der Waals surface area contributed by atoms with Crippen molar-refractivity contribution in [1.82, 2.24) is 10.2 Å². The minimum absolute atomic E-state index is 0.0728. The highest BCUT2D eigenvalue weighted by molar-refractivity contribution is 5.65. The molecule has 1 heterocycles. The van der Waals surface area contributed by atoms with E-state index >= 15 is 0 Å². The molecule has 1 aromatic rings. The molecule has 78 valence electrons. The number of nitrogens with two attached hydrogens (primary N) is 1. The monoisotopic (exact) mass is 193 g/mol. The lowest BCUT2D eigenvalue weighted by atomic mass is 9.87. The summed E-state index contributed by atoms with van der Waals surface area (Å²) in [4.78, 5) is 0. The lowest BCUT2D eigenvalue weighted by Gasteiger charge is -2.19. The van der Waals surface area contributed by atoms with Gasteiger partial charge in [-0.05, 0) is 18.5 Å². The van der Waals surface area contributed by atoms with Crippen LogP contribution in [0.25, 0.3) is 5.57 Å². The second-order valence-electron chi connectivity index (χ2n) is 4.55. The van der Waals surface area contributed by atoms with Gasteiger partial charge in [-0.1, -0.05) is 27.4 Å². The van der Waals surface area contributed by atoms with E-state index in [1.54, 1.807) is 0 Å². The Hall–Kier alpha value is -1.09. The molecule has 1 aromatic heterocycles. The third-order valence-corrected chi connectivity index (χ3v) is 2.22. The zero-order chi connectivity index (χ0) is 10.8. The zero-order valence-corrected chi connectivity index (χ0v) is 9.22. The Morgan fingerprint density at radius 3 is 2.71 bits per heavy atom. The zero-order valence-electron chi connectivity index (χ0n) is 9.22. The average Bonchev–Trinajstić information content (AvgIpc) is 2.50. The second kappa shape index (κ2) is 3.96. The first-order valence-electron chi connectivity index (χ1n) is 4.89. The first kappa shape index (κ1) is 11.0. The van der Waals surface area contributed by atoms with Crippen LogP contribution in [0.1, 0.15) is 38.4 Å². The number of nitrogens with zero attached hydrogens (tertiary/aromatic N) is 1. The van der Waals surface area contributed by atoms with E-state index in [4.69, 9.17) is 5.73 Å². The van der Waals surface area contributed by atoms with Gasteiger partial charge in [0.2, 0.25) is 0 Å². The van der Waals surface area contributed by atoms with E-state index in [2.05, 4.69) is 37.5 Å². The summed E-state index contributed by atoms with van der Waals surface area (Å²) in [6, 6.07) is 0. The third-order valence-electron chi connectivity index (χ3n) is 2.22. The Bertz CT molecular complexity index is 318. The maximum absolute atomic E-state index is 5.50. The van der Waals surface area contributed by atoms with Crippen molar-refractivity contribution in [2.75, 3.05) is 6.54 Å². The van der Waals surface area contributed by atoms with Crippen LogP contribution in [0.2, 0.25) is 0 Å². The molecule has 0 unspecified atom stereocenters. The summed E-state index contributed by atoms with van der Waals surface area (Å²) in [6.45, 7) is 11.1. The van der Waals surface area contributed by atoms with E-state index < -0.39 is 0 Å². The molecule has 0 saturated heterocycles. The number of hydrogen-bond acceptors (Lipinski definition) is 2. The predicted molar refractivity (Wildman–Crippen MR) is 60.0 cm³/mol. The van der Waals surface area contributed by atoms with Gasteiger partial charge in [-0.25, -0.2) is 0 Å². The number of aromatic nitrogens is 2. The fourth-order valence-electron chi connectivity index (χ4n) is 1.43. The van der Waals surface area contributed by atoms with E-state index in [0.29, 0.717) is 6.54 Å². The van der Waals surface area contributed by atoms with E-state index in [9.17, 15) is 0 Å². The lowest BCUT2D eigenvalue weighted by molar-refractivity contribution is 0.565. The molecule has 0 aliphatic rings. The van der Waals surface area contributed by atoms with Gasteiger partial charge >= 0.3 is 0 Å². The number of H-pyrrole nitrogens is 1. The van der Waals surface area contributed by atoms with Gasteiger partial charge in [-0.3, -0.25) is 5.10 Å². The molecule has 3 nitrogen and oxygen atoms in total. The largest absolute Gasteiger partial charge is 0.330 e. The maximum Gasteiger partial charge on any atom is 0.0565 e. The van der Waals surface area contributed by atoms with Gasteiger partial charge in [-0.15, -0.1) is 0 Å². The van der Waals surface area contributed by atoms with Gasteiger partial charge in [0.05, 0.1) is 6.20 Å². The first-order chi connectivity index (χ1) is 6.46. The normalized spacial score (nSPS) is 11.7. The maximum atomic E-state index is 5.50. The fourth-order valence-corrected chi connectivity index (χ4v) is 1.43. The number of nitrogens with one attached hydrogen (secondary N) is 1. The Morgan fingerprint density at radius 2 is 2.21 bits per heavy atom. The molecule has 0 atom stereocenters. The minimum Gasteiger partial charge on any atom is -0.330 e. The molecular formula is C11H19N3. The van der Waals surface area contributed by atoms with E-state index in [1.807, 2.05) is 6.20 Å². The molecule has 0 aromatic carbocycles. The Morgan fingerprint density at radius 1 is 1.57 bits per heavy atom. The van der Waals surface area contributed by atoms with Crippen molar-refractivity contribution >= 4 is 5.57 Å². The molecule has 1 rings (SSSR count). The molecule has 14 heavy (non-hydrogen) atoms. The molecule has 0 bridgehead atoms. The topological polar surface area (TPSA) is 54.7 Å². The van der Waals surface area contributed by atoms with Crippen molar-refractivity contribution in [2.24, 2.45) is 5.73 Å². The van der Waals surface area contributed by atoms with Gasteiger partial charge in [0.15, 0.2) is 0 Å². The molecule has 0 saturated carbocycles. The summed E-state index contributed by atoms with van der Waals surface area (Å²) in [5, 5.41) is 7.10. The van der Waals surface area contributed by atoms with Gasteiger partial charge in [0.25, 0.3) is 0 Å². The SMILES string of the molecule is C=C(CCN)c1cn[nH]c1C(C)(C)C. The third kappa shape index (κ3) is 2.23. The highest BCUT2D eigenvalue weighted by Gasteiger charge is 2.20. The Kier molecular flexibility index (Phi) is 3.11. The smallest absolute Gasteiger partial charge is 0.0565 e. The highest BCUT2D eigenvalue weighted by Crippen LogP contribution is 2.28. The Labute approximate surface area is 85.4 Å². The van der Waals surface area contributed by atoms with Crippen molar-refractivity contribution in [3.8, 4) is 0 Å². The predicted octanol–water partition coefficient (Wildman–Crippen LogP) is 2.07. The van der Waals surface area contributed by atoms with Crippen LogP contribution >= 0.6 is 0 Å². The molecule has 0 fully saturated rings. The summed E-state index contributed by atoms with van der Waals surface area (Å²) in [5.74, 6) is 0. The van der Waals surface area contributed by atoms with Gasteiger partial charge in [-0.2, -0.15) is 5.10 Å². The minimum atomic E-state index is 0.0728. The number of rotatable bonds is 3. The van der Waals surface area contributed by atoms with Crippen LogP contribution in [0.4, 0.5) is 0 Å². The van der Waals surface area contributed by atoms with Gasteiger partial charge < -0.3 is 5.73 Å². The van der Waals surface area contributed by atoms with Crippen LogP contribution in [0.5, 0.6) is 0 Å². The molecule has 0 aliphatic carbocycles. The van der Waals surface area contributed by atoms with Crippen LogP contribution in [0.3, 0.4) is 0 Å². The summed E-state index contributed by atoms with van der Waals surface area (Å²) < 4.78 is 0. The molecule has 0 aliphatic heterocycles. The summed E-state index contributed by atoms with van der Waals surface area (Å²) in [7, 11) is 0. The quantitative estimate of drug-likeness (QED) is 0.772. The van der Waals surface area contributed by atoms with Gasteiger partial charge in [0.1, 0.15) is 0 Å². The first-order valence-corrected chi connectivity index (χ1v) is 4.89. The van der Waals surface area contributed by atoms with E-state index in [0.717, 1.165) is 23.3 Å². The van der Waals surface area contributed by atoms with Gasteiger partial charge in [0, 0.05) is 16.7 Å². The number of hydrogen-bond donors (Lipinski definition) is 2. The summed E-state index contributed by atoms with van der Waals surface area (Å²) >= 11 is 0. The molecular weight excluding hydrogens is 174 g/mol. The standard InChI is InChI=1S/C11H19N3/c1-8(5-6-12)9-7-13-14-10(9)11(2,3)4/h7H,1,5-6,12H2,2-4H3,(H,13,14). The van der Waals surface area contributed by atoms with E-state index in [-0.39, 0.29) is 5.41 Å². The van der Waals surface area contributed by atoms with Crippen molar-refractivity contribution in [3.05, 3.63) is 24.0 Å². The molecule has 3 N–H and O–H groups in total. The summed E-state index contributed by atoms with van der Waals surface area (Å²) in [5.41, 5.74) is 8.89. The fraction of sp³-hybridized carbons (Fsp3) is 0.545. The van der Waals surface area contributed by atoms with E-state index in [1.165, 1.54) is 0 Å². The van der Waals surface area contributed by atoms with Crippen molar-refractivity contribution in [2.45, 2.75) is 32.6 Å². The van der Waals surface area contributed by atoms with Crippen LogP contribution < -0.4 is 5.73 Å². The summed E-state index contributed by atoms with van der Waals surface area (Å²) in [6.07, 6.45) is 2.65. The average molecular weight is 193 g/mol. The molecule has 3 heteroatoms. The van der Waals surface area contributed by atoms with Crippen LogP contribution in [0.15, 0.2) is 12.8 Å². The Balaban J connectivity index is 2.99. The van der Waals surface area contributed by atoms with Crippen LogP contribution in [-0.4, -0.2) is 16.7 Å². The molecule has 0 radical (unpaired) electrons. The van der Waals surface area contributed by atoms with Crippen molar-refractivity contribution in [3.63, 3.8) is 0 Å².